The molecule has 1 aromatic heterocycles. The summed E-state index contributed by atoms with van der Waals surface area (Å²) in [6, 6.07) is 3.99. The Balaban J connectivity index is 1.76. The molecule has 1 unspecified atom stereocenters. The quantitative estimate of drug-likeness (QED) is 0.762. The summed E-state index contributed by atoms with van der Waals surface area (Å²) in [5.41, 5.74) is 3.25. The first-order valence-corrected chi connectivity index (χ1v) is 4.62. The molecular formula is C10H14N2O. The maximum absolute atomic E-state index is 5.42. The first-order chi connectivity index (χ1) is 6.45. The Morgan fingerprint density at radius 3 is 2.92 bits per heavy atom. The molecule has 70 valence electrons. The summed E-state index contributed by atoms with van der Waals surface area (Å²) in [6.07, 6.45) is 10.4. The second-order valence-corrected chi connectivity index (χ2v) is 3.16. The van der Waals surface area contributed by atoms with E-state index in [9.17, 15) is 0 Å². The molecule has 2 heterocycles. The summed E-state index contributed by atoms with van der Waals surface area (Å²) in [5.74, 6) is 0. The van der Waals surface area contributed by atoms with Crippen LogP contribution in [0.2, 0.25) is 0 Å². The number of nitrogens with zero attached hydrogens (tertiary/aromatic N) is 1. The average molecular weight is 178 g/mol. The Morgan fingerprint density at radius 1 is 1.38 bits per heavy atom. The monoisotopic (exact) mass is 178 g/mol. The molecule has 0 amide bonds. The van der Waals surface area contributed by atoms with Crippen molar-refractivity contribution in [3.8, 4) is 0 Å². The van der Waals surface area contributed by atoms with Crippen molar-refractivity contribution in [3.63, 3.8) is 0 Å². The minimum atomic E-state index is 0.312. The van der Waals surface area contributed by atoms with Gasteiger partial charge in [-0.15, -0.1) is 0 Å². The number of hydrogen-bond donors (Lipinski definition) is 1. The number of ether oxygens (including phenoxy) is 1. The van der Waals surface area contributed by atoms with Gasteiger partial charge in [-0.2, -0.15) is 0 Å². The van der Waals surface area contributed by atoms with Gasteiger partial charge in [-0.05, 0) is 31.1 Å². The second-order valence-electron chi connectivity index (χ2n) is 3.16. The molecule has 0 spiro atoms. The summed E-state index contributed by atoms with van der Waals surface area (Å²) in [4.78, 5) is 0. The maximum atomic E-state index is 5.42. The fourth-order valence-corrected chi connectivity index (χ4v) is 1.38. The van der Waals surface area contributed by atoms with Crippen molar-refractivity contribution < 1.29 is 4.74 Å². The number of rotatable bonds is 3. The molecule has 0 saturated carbocycles. The molecule has 2 rings (SSSR count). The molecule has 0 radical (unpaired) electrons. The minimum absolute atomic E-state index is 0.312. The van der Waals surface area contributed by atoms with Crippen LogP contribution in [-0.2, 0) is 4.74 Å². The molecule has 0 fully saturated rings. The van der Waals surface area contributed by atoms with Crippen molar-refractivity contribution in [1.29, 1.82) is 0 Å². The topological polar surface area (TPSA) is 26.2 Å². The molecule has 1 N–H and O–H groups in total. The number of allylic oxidation sites excluding steroid dienone is 1. The molecule has 3 heteroatoms. The van der Waals surface area contributed by atoms with Crippen molar-refractivity contribution in [1.82, 2.24) is 4.68 Å². The van der Waals surface area contributed by atoms with Gasteiger partial charge in [0.1, 0.15) is 6.10 Å². The van der Waals surface area contributed by atoms with Gasteiger partial charge in [0.05, 0.1) is 12.8 Å². The van der Waals surface area contributed by atoms with Crippen LogP contribution in [0.3, 0.4) is 0 Å². The van der Waals surface area contributed by atoms with E-state index in [0.717, 1.165) is 19.4 Å². The predicted octanol–water partition coefficient (Wildman–Crippen LogP) is 1.72. The van der Waals surface area contributed by atoms with Gasteiger partial charge < -0.3 is 10.2 Å². The highest BCUT2D eigenvalue weighted by Gasteiger charge is 2.09. The minimum Gasteiger partial charge on any atom is -0.496 e. The highest BCUT2D eigenvalue weighted by atomic mass is 16.5. The lowest BCUT2D eigenvalue weighted by molar-refractivity contribution is 0.132. The summed E-state index contributed by atoms with van der Waals surface area (Å²) >= 11 is 0. The van der Waals surface area contributed by atoms with Crippen LogP contribution in [0.5, 0.6) is 0 Å². The maximum Gasteiger partial charge on any atom is 0.117 e. The van der Waals surface area contributed by atoms with Crippen LogP contribution >= 0.6 is 0 Å². The lowest BCUT2D eigenvalue weighted by Crippen LogP contribution is -2.27. The summed E-state index contributed by atoms with van der Waals surface area (Å²) in [7, 11) is 0. The molecular weight excluding hydrogens is 164 g/mol. The van der Waals surface area contributed by atoms with Crippen LogP contribution in [0.15, 0.2) is 36.9 Å². The fourth-order valence-electron chi connectivity index (χ4n) is 1.38. The molecule has 0 aromatic carbocycles. The smallest absolute Gasteiger partial charge is 0.117 e. The van der Waals surface area contributed by atoms with Gasteiger partial charge in [0, 0.05) is 12.4 Å². The first-order valence-electron chi connectivity index (χ1n) is 4.62. The van der Waals surface area contributed by atoms with Crippen molar-refractivity contribution in [3.05, 3.63) is 36.9 Å². The van der Waals surface area contributed by atoms with E-state index in [1.165, 1.54) is 0 Å². The molecule has 1 aromatic rings. The predicted molar refractivity (Wildman–Crippen MR) is 51.9 cm³/mol. The third-order valence-corrected chi connectivity index (χ3v) is 2.13. The Kier molecular flexibility index (Phi) is 2.55. The Hall–Kier alpha value is -1.38. The summed E-state index contributed by atoms with van der Waals surface area (Å²) < 4.78 is 7.37. The van der Waals surface area contributed by atoms with Gasteiger partial charge in [-0.25, -0.2) is 0 Å². The van der Waals surface area contributed by atoms with Crippen LogP contribution in [0.4, 0.5) is 0 Å². The molecule has 1 aliphatic heterocycles. The molecule has 1 aliphatic rings. The van der Waals surface area contributed by atoms with E-state index in [4.69, 9.17) is 4.74 Å². The third-order valence-electron chi connectivity index (χ3n) is 2.13. The van der Waals surface area contributed by atoms with Crippen LogP contribution in [0, 0.1) is 0 Å². The lowest BCUT2D eigenvalue weighted by Gasteiger charge is -2.20. The summed E-state index contributed by atoms with van der Waals surface area (Å²) in [5, 5.41) is 0. The van der Waals surface area contributed by atoms with E-state index < -0.39 is 0 Å². The van der Waals surface area contributed by atoms with E-state index in [1.54, 1.807) is 6.26 Å². The Labute approximate surface area is 78.0 Å². The highest BCUT2D eigenvalue weighted by molar-refractivity contribution is 4.94. The van der Waals surface area contributed by atoms with Gasteiger partial charge in [0.25, 0.3) is 0 Å². The van der Waals surface area contributed by atoms with Gasteiger partial charge in [-0.3, -0.25) is 4.68 Å². The number of aromatic nitrogens is 1. The molecule has 0 saturated heterocycles. The van der Waals surface area contributed by atoms with Crippen molar-refractivity contribution in [2.24, 2.45) is 0 Å². The molecule has 0 aliphatic carbocycles. The van der Waals surface area contributed by atoms with Crippen molar-refractivity contribution >= 4 is 0 Å². The first kappa shape index (κ1) is 8.23. The Morgan fingerprint density at radius 2 is 2.23 bits per heavy atom. The van der Waals surface area contributed by atoms with Crippen molar-refractivity contribution in [2.45, 2.75) is 18.9 Å². The van der Waals surface area contributed by atoms with Crippen molar-refractivity contribution in [2.75, 3.05) is 12.0 Å². The number of nitrogens with one attached hydrogen (secondary N) is 1. The third kappa shape index (κ3) is 2.28. The largest absolute Gasteiger partial charge is 0.496 e. The van der Waals surface area contributed by atoms with Crippen LogP contribution in [0.1, 0.15) is 12.8 Å². The van der Waals surface area contributed by atoms with E-state index in [1.807, 2.05) is 29.2 Å². The van der Waals surface area contributed by atoms with E-state index >= 15 is 0 Å². The standard InChI is InChI=1S/C10H14N2O/c1-4-8-13-10(5-1)9-11-12-6-2-3-7-12/h2-4,6-8,10-11H,1,5,9H2. The van der Waals surface area contributed by atoms with Gasteiger partial charge in [0.15, 0.2) is 0 Å². The zero-order valence-electron chi connectivity index (χ0n) is 7.52. The van der Waals surface area contributed by atoms with E-state index in [2.05, 4.69) is 11.5 Å². The second kappa shape index (κ2) is 4.03. The van der Waals surface area contributed by atoms with Crippen LogP contribution in [0.25, 0.3) is 0 Å². The Bertz CT molecular complexity index is 266. The lowest BCUT2D eigenvalue weighted by atomic mass is 10.2. The SMILES string of the molecule is C1=COC(CNn2cccc2)CC1. The molecule has 13 heavy (non-hydrogen) atoms. The highest BCUT2D eigenvalue weighted by Crippen LogP contribution is 2.09. The molecule has 1 atom stereocenters. The summed E-state index contributed by atoms with van der Waals surface area (Å²) in [6.45, 7) is 0.860. The normalized spacial score (nSPS) is 21.1. The molecule has 3 nitrogen and oxygen atoms in total. The van der Waals surface area contributed by atoms with Gasteiger partial charge in [-0.1, -0.05) is 0 Å². The van der Waals surface area contributed by atoms with Gasteiger partial charge in [0.2, 0.25) is 0 Å². The van der Waals surface area contributed by atoms with E-state index in [-0.39, 0.29) is 0 Å². The zero-order chi connectivity index (χ0) is 8.93. The average Bonchev–Trinajstić information content (AvgIpc) is 2.69. The fraction of sp³-hybridized carbons (Fsp3) is 0.400. The van der Waals surface area contributed by atoms with Crippen LogP contribution < -0.4 is 5.43 Å². The number of hydrogen-bond acceptors (Lipinski definition) is 2. The zero-order valence-corrected chi connectivity index (χ0v) is 7.52. The molecule has 0 bridgehead atoms. The van der Waals surface area contributed by atoms with Crippen LogP contribution in [-0.4, -0.2) is 17.3 Å². The van der Waals surface area contributed by atoms with E-state index in [0.29, 0.717) is 6.10 Å². The van der Waals surface area contributed by atoms with Gasteiger partial charge >= 0.3 is 0 Å².